The van der Waals surface area contributed by atoms with Crippen LogP contribution in [0.4, 0.5) is 0 Å². The van der Waals surface area contributed by atoms with Gasteiger partial charge in [-0.1, -0.05) is 6.58 Å². The summed E-state index contributed by atoms with van der Waals surface area (Å²) in [6.07, 6.45) is 1.61. The fourth-order valence-electron chi connectivity index (χ4n) is 1.74. The van der Waals surface area contributed by atoms with E-state index in [4.69, 9.17) is 14.2 Å². The highest BCUT2D eigenvalue weighted by atomic mass is 16.6. The second kappa shape index (κ2) is 6.23. The maximum atomic E-state index is 11.2. The third-order valence-corrected chi connectivity index (χ3v) is 2.34. The normalized spacial score (nSPS) is 26.1. The van der Waals surface area contributed by atoms with Crippen LogP contribution in [-0.2, 0) is 23.8 Å². The molecule has 5 nitrogen and oxygen atoms in total. The van der Waals surface area contributed by atoms with Crippen LogP contribution in [0.15, 0.2) is 24.7 Å². The highest BCUT2D eigenvalue weighted by molar-refractivity contribution is 5.76. The molecule has 0 N–H and O–H groups in total. The van der Waals surface area contributed by atoms with Crippen LogP contribution in [0.2, 0.25) is 0 Å². The number of ketones is 1. The summed E-state index contributed by atoms with van der Waals surface area (Å²) in [6.45, 7) is 8.13. The van der Waals surface area contributed by atoms with Gasteiger partial charge in [-0.15, -0.1) is 0 Å². The minimum Gasteiger partial charge on any atom is -0.494 e. The van der Waals surface area contributed by atoms with E-state index in [-0.39, 0.29) is 12.2 Å². The maximum Gasteiger partial charge on any atom is 0.303 e. The van der Waals surface area contributed by atoms with Gasteiger partial charge in [0.25, 0.3) is 0 Å². The first kappa shape index (κ1) is 14.3. The molecule has 0 bridgehead atoms. The van der Waals surface area contributed by atoms with E-state index in [0.29, 0.717) is 5.76 Å². The Morgan fingerprint density at radius 1 is 1.28 bits per heavy atom. The Hall–Kier alpha value is -1.78. The average molecular weight is 254 g/mol. The van der Waals surface area contributed by atoms with Crippen molar-refractivity contribution in [1.82, 2.24) is 0 Å². The molecule has 0 fully saturated rings. The first-order chi connectivity index (χ1) is 8.40. The van der Waals surface area contributed by atoms with Crippen LogP contribution in [0.3, 0.4) is 0 Å². The van der Waals surface area contributed by atoms with Gasteiger partial charge in [0.2, 0.25) is 0 Å². The lowest BCUT2D eigenvalue weighted by Crippen LogP contribution is -2.44. The molecule has 5 heteroatoms. The summed E-state index contributed by atoms with van der Waals surface area (Å²) in [7, 11) is 0. The molecule has 1 heterocycles. The van der Waals surface area contributed by atoms with E-state index in [1.807, 2.05) is 0 Å². The predicted molar refractivity (Wildman–Crippen MR) is 64.6 cm³/mol. The largest absolute Gasteiger partial charge is 0.494 e. The monoisotopic (exact) mass is 254 g/mol. The molecule has 0 aliphatic carbocycles. The molecule has 3 unspecified atom stereocenters. The van der Waals surface area contributed by atoms with Crippen molar-refractivity contribution in [3.05, 3.63) is 24.7 Å². The Morgan fingerprint density at radius 2 is 1.94 bits per heavy atom. The van der Waals surface area contributed by atoms with Crippen LogP contribution in [0, 0.1) is 0 Å². The molecule has 100 valence electrons. The van der Waals surface area contributed by atoms with E-state index >= 15 is 0 Å². The van der Waals surface area contributed by atoms with E-state index < -0.39 is 24.3 Å². The van der Waals surface area contributed by atoms with Gasteiger partial charge in [0.05, 0.1) is 12.0 Å². The van der Waals surface area contributed by atoms with Gasteiger partial charge in [-0.25, -0.2) is 0 Å². The summed E-state index contributed by atoms with van der Waals surface area (Å²) in [6, 6.07) is 0. The number of carbonyl (C=O) groups is 2. The number of hydrogen-bond acceptors (Lipinski definition) is 5. The lowest BCUT2D eigenvalue weighted by atomic mass is 10.0. The zero-order chi connectivity index (χ0) is 13.7. The van der Waals surface area contributed by atoms with Crippen molar-refractivity contribution < 1.29 is 23.8 Å². The van der Waals surface area contributed by atoms with Gasteiger partial charge in [0.15, 0.2) is 12.2 Å². The number of allylic oxidation sites excluding steroid dienone is 1. The molecule has 0 radical (unpaired) electrons. The fourth-order valence-corrected chi connectivity index (χ4v) is 1.74. The van der Waals surface area contributed by atoms with Gasteiger partial charge in [-0.2, -0.15) is 0 Å². The van der Waals surface area contributed by atoms with Crippen LogP contribution in [-0.4, -0.2) is 30.1 Å². The van der Waals surface area contributed by atoms with E-state index in [0.717, 1.165) is 0 Å². The summed E-state index contributed by atoms with van der Waals surface area (Å²) in [5, 5.41) is 0. The molecule has 1 aliphatic heterocycles. The smallest absolute Gasteiger partial charge is 0.303 e. The van der Waals surface area contributed by atoms with Gasteiger partial charge < -0.3 is 14.2 Å². The number of ether oxygens (including phenoxy) is 3. The molecule has 1 aliphatic rings. The highest BCUT2D eigenvalue weighted by Crippen LogP contribution is 2.23. The van der Waals surface area contributed by atoms with Gasteiger partial charge in [-0.05, 0) is 19.9 Å². The topological polar surface area (TPSA) is 61.8 Å². The molecule has 0 aromatic rings. The van der Waals surface area contributed by atoms with E-state index in [2.05, 4.69) is 6.58 Å². The van der Waals surface area contributed by atoms with Gasteiger partial charge >= 0.3 is 5.97 Å². The molecule has 0 aromatic heterocycles. The van der Waals surface area contributed by atoms with E-state index in [9.17, 15) is 9.59 Å². The lowest BCUT2D eigenvalue weighted by Gasteiger charge is -2.34. The van der Waals surface area contributed by atoms with Crippen LogP contribution >= 0.6 is 0 Å². The minimum atomic E-state index is -0.572. The zero-order valence-corrected chi connectivity index (χ0v) is 10.8. The van der Waals surface area contributed by atoms with Crippen molar-refractivity contribution in [1.29, 1.82) is 0 Å². The van der Waals surface area contributed by atoms with Crippen molar-refractivity contribution in [3.63, 3.8) is 0 Å². The van der Waals surface area contributed by atoms with Crippen LogP contribution in [0.1, 0.15) is 27.2 Å². The standard InChI is InChI=1S/C13H18O5/c1-8(2)17-13-11(18-10(4)15)5-6-16-12(13)7-9(3)14/h5-6,11-13H,1,7H2,2-4H3. The van der Waals surface area contributed by atoms with Crippen molar-refractivity contribution in [2.75, 3.05) is 0 Å². The molecule has 1 rings (SSSR count). The molecular formula is C13H18O5. The van der Waals surface area contributed by atoms with Gasteiger partial charge in [0, 0.05) is 13.3 Å². The minimum absolute atomic E-state index is 0.0211. The quantitative estimate of drug-likeness (QED) is 0.552. The number of Topliss-reactive ketones (excluding diaryl/α,β-unsaturated/α-hetero) is 1. The summed E-state index contributed by atoms with van der Waals surface area (Å²) in [5.41, 5.74) is 0. The second-order valence-corrected chi connectivity index (χ2v) is 4.27. The van der Waals surface area contributed by atoms with E-state index in [1.54, 1.807) is 13.0 Å². The predicted octanol–water partition coefficient (Wildman–Crippen LogP) is 1.73. The lowest BCUT2D eigenvalue weighted by molar-refractivity contribution is -0.157. The highest BCUT2D eigenvalue weighted by Gasteiger charge is 2.36. The van der Waals surface area contributed by atoms with Crippen molar-refractivity contribution in [2.24, 2.45) is 0 Å². The Morgan fingerprint density at radius 3 is 2.44 bits per heavy atom. The van der Waals surface area contributed by atoms with Crippen molar-refractivity contribution in [2.45, 2.75) is 45.5 Å². The number of hydrogen-bond donors (Lipinski definition) is 0. The Balaban J connectivity index is 2.84. The van der Waals surface area contributed by atoms with Crippen molar-refractivity contribution in [3.8, 4) is 0 Å². The third-order valence-electron chi connectivity index (χ3n) is 2.34. The molecule has 0 spiro atoms. The van der Waals surface area contributed by atoms with Crippen LogP contribution in [0.5, 0.6) is 0 Å². The molecule has 3 atom stereocenters. The summed E-state index contributed by atoms with van der Waals surface area (Å²) in [4.78, 5) is 22.2. The molecule has 0 saturated carbocycles. The summed E-state index contributed by atoms with van der Waals surface area (Å²) >= 11 is 0. The Kier molecular flexibility index (Phi) is 4.95. The van der Waals surface area contributed by atoms with Gasteiger partial charge in [-0.3, -0.25) is 9.59 Å². The summed E-state index contributed by atoms with van der Waals surface area (Å²) in [5.74, 6) is 0.0419. The first-order valence-electron chi connectivity index (χ1n) is 5.71. The Labute approximate surface area is 106 Å². The maximum absolute atomic E-state index is 11.2. The van der Waals surface area contributed by atoms with E-state index in [1.165, 1.54) is 20.1 Å². The number of carbonyl (C=O) groups excluding carboxylic acids is 2. The number of rotatable bonds is 5. The first-order valence-corrected chi connectivity index (χ1v) is 5.71. The van der Waals surface area contributed by atoms with Crippen LogP contribution in [0.25, 0.3) is 0 Å². The zero-order valence-electron chi connectivity index (χ0n) is 10.8. The second-order valence-electron chi connectivity index (χ2n) is 4.27. The Bertz CT molecular complexity index is 372. The molecule has 0 saturated heterocycles. The number of esters is 1. The fraction of sp³-hybridized carbons (Fsp3) is 0.538. The van der Waals surface area contributed by atoms with Gasteiger partial charge in [0.1, 0.15) is 11.9 Å². The molecule has 0 amide bonds. The SMILES string of the molecule is C=C(C)OC1C(OC(C)=O)C=COC1CC(C)=O. The molecule has 18 heavy (non-hydrogen) atoms. The van der Waals surface area contributed by atoms with Crippen LogP contribution < -0.4 is 0 Å². The third kappa shape index (κ3) is 4.24. The summed E-state index contributed by atoms with van der Waals surface area (Å²) < 4.78 is 16.0. The van der Waals surface area contributed by atoms with Crippen molar-refractivity contribution >= 4 is 11.8 Å². The molecular weight excluding hydrogens is 236 g/mol. The average Bonchev–Trinajstić information content (AvgIpc) is 2.20. The molecule has 0 aromatic carbocycles.